The maximum atomic E-state index is 11.7. The van der Waals surface area contributed by atoms with Gasteiger partial charge in [0.1, 0.15) is 7.85 Å². The van der Waals surface area contributed by atoms with Crippen LogP contribution in [0.15, 0.2) is 0 Å². The second kappa shape index (κ2) is 3.93. The first-order valence-electron chi connectivity index (χ1n) is 3.22. The molecule has 2 unspecified atom stereocenters. The van der Waals surface area contributed by atoms with Crippen molar-refractivity contribution in [3.63, 3.8) is 0 Å². The fourth-order valence-electron chi connectivity index (χ4n) is 0.868. The molecule has 0 saturated carbocycles. The monoisotopic (exact) mass is 116 g/mol. The Balaban J connectivity index is 3.10. The molecule has 0 aliphatic heterocycles. The van der Waals surface area contributed by atoms with Crippen LogP contribution in [0.5, 0.6) is 0 Å². The minimum atomic E-state index is -0.168. The molecule has 2 heteroatoms. The molecule has 0 nitrogen and oxygen atoms in total. The van der Waals surface area contributed by atoms with E-state index in [9.17, 15) is 4.39 Å². The van der Waals surface area contributed by atoms with Crippen LogP contribution in [0.2, 0.25) is 5.82 Å². The van der Waals surface area contributed by atoms with Crippen molar-refractivity contribution >= 4 is 7.85 Å². The Bertz CT molecular complexity index is 54.5. The minimum absolute atomic E-state index is 0.168. The van der Waals surface area contributed by atoms with Crippen molar-refractivity contribution in [2.75, 3.05) is 6.67 Å². The van der Waals surface area contributed by atoms with Crippen LogP contribution in [-0.2, 0) is 0 Å². The summed E-state index contributed by atoms with van der Waals surface area (Å²) in [5.41, 5.74) is 0. The third kappa shape index (κ3) is 4.16. The molecule has 8 heavy (non-hydrogen) atoms. The highest BCUT2D eigenvalue weighted by Gasteiger charge is 2.02. The van der Waals surface area contributed by atoms with Gasteiger partial charge >= 0.3 is 0 Å². The molecule has 0 heterocycles. The van der Waals surface area contributed by atoms with E-state index < -0.39 is 0 Å². The van der Waals surface area contributed by atoms with Gasteiger partial charge in [0.15, 0.2) is 0 Å². The van der Waals surface area contributed by atoms with E-state index in [2.05, 4.69) is 14.8 Å². The van der Waals surface area contributed by atoms with Crippen LogP contribution in [-0.4, -0.2) is 14.5 Å². The zero-order valence-electron chi connectivity index (χ0n) is 5.95. The molecule has 2 atom stereocenters. The first kappa shape index (κ1) is 7.99. The van der Waals surface area contributed by atoms with Gasteiger partial charge in [-0.3, -0.25) is 4.39 Å². The van der Waals surface area contributed by atoms with Crippen molar-refractivity contribution in [3.8, 4) is 0 Å². The average molecular weight is 116 g/mol. The zero-order valence-corrected chi connectivity index (χ0v) is 5.95. The third-order valence-corrected chi connectivity index (χ3v) is 1.14. The predicted octanol–water partition coefficient (Wildman–Crippen LogP) is 1.42. The number of hydrogen-bond donors (Lipinski definition) is 0. The molecular formula is C6H14BF. The second-order valence-electron chi connectivity index (χ2n) is 2.89. The highest BCUT2D eigenvalue weighted by molar-refractivity contribution is 6.11. The molecular weight excluding hydrogens is 102 g/mol. The van der Waals surface area contributed by atoms with Crippen molar-refractivity contribution < 1.29 is 4.39 Å². The van der Waals surface area contributed by atoms with Crippen molar-refractivity contribution in [1.29, 1.82) is 0 Å². The Labute approximate surface area is 51.9 Å². The number of alkyl halides is 1. The summed E-state index contributed by atoms with van der Waals surface area (Å²) >= 11 is 0. The Hall–Kier alpha value is -0.00506. The van der Waals surface area contributed by atoms with E-state index in [1.165, 1.54) is 0 Å². The van der Waals surface area contributed by atoms with Crippen LogP contribution in [0.1, 0.15) is 20.3 Å². The van der Waals surface area contributed by atoms with Crippen LogP contribution in [0.3, 0.4) is 0 Å². The van der Waals surface area contributed by atoms with Crippen LogP contribution in [0.25, 0.3) is 0 Å². The van der Waals surface area contributed by atoms with E-state index in [1.54, 1.807) is 0 Å². The summed E-state index contributed by atoms with van der Waals surface area (Å²) in [5.74, 6) is 0.899. The van der Waals surface area contributed by atoms with E-state index in [-0.39, 0.29) is 12.6 Å². The summed E-state index contributed by atoms with van der Waals surface area (Å²) in [6.07, 6.45) is 1.01. The molecule has 0 aliphatic carbocycles. The molecule has 0 spiro atoms. The smallest absolute Gasteiger partial charge is 0.105 e. The SMILES string of the molecule is BC(C)CC(C)CF. The van der Waals surface area contributed by atoms with Gasteiger partial charge in [-0.15, -0.1) is 0 Å². The second-order valence-corrected chi connectivity index (χ2v) is 2.89. The van der Waals surface area contributed by atoms with E-state index in [1.807, 2.05) is 6.92 Å². The summed E-state index contributed by atoms with van der Waals surface area (Å²) in [4.78, 5) is 0. The van der Waals surface area contributed by atoms with Crippen molar-refractivity contribution in [3.05, 3.63) is 0 Å². The van der Waals surface area contributed by atoms with E-state index in [0.29, 0.717) is 5.82 Å². The first-order valence-corrected chi connectivity index (χ1v) is 3.22. The lowest BCUT2D eigenvalue weighted by atomic mass is 9.82. The summed E-state index contributed by atoms with van der Waals surface area (Å²) in [6.45, 7) is 3.89. The van der Waals surface area contributed by atoms with Gasteiger partial charge in [-0.25, -0.2) is 0 Å². The molecule has 0 aromatic carbocycles. The molecule has 0 aromatic heterocycles. The average Bonchev–Trinajstić information content (AvgIpc) is 1.65. The van der Waals surface area contributed by atoms with E-state index in [4.69, 9.17) is 0 Å². The van der Waals surface area contributed by atoms with Crippen molar-refractivity contribution in [1.82, 2.24) is 0 Å². The predicted molar refractivity (Wildman–Crippen MR) is 37.7 cm³/mol. The number of rotatable bonds is 3. The molecule has 48 valence electrons. The Morgan fingerprint density at radius 2 is 2.00 bits per heavy atom. The maximum Gasteiger partial charge on any atom is 0.105 e. The molecule has 0 rings (SSSR count). The van der Waals surface area contributed by atoms with Gasteiger partial charge in [0.25, 0.3) is 0 Å². The number of hydrogen-bond acceptors (Lipinski definition) is 0. The molecule has 0 aliphatic rings. The minimum Gasteiger partial charge on any atom is -0.251 e. The molecule has 0 aromatic rings. The Kier molecular flexibility index (Phi) is 3.93. The molecule has 0 N–H and O–H groups in total. The van der Waals surface area contributed by atoms with Gasteiger partial charge in [0, 0.05) is 0 Å². The van der Waals surface area contributed by atoms with E-state index >= 15 is 0 Å². The zero-order chi connectivity index (χ0) is 6.57. The van der Waals surface area contributed by atoms with Gasteiger partial charge in [-0.2, -0.15) is 0 Å². The molecule has 0 saturated heterocycles. The summed E-state index contributed by atoms with van der Waals surface area (Å²) in [6, 6.07) is 0. The van der Waals surface area contributed by atoms with Gasteiger partial charge < -0.3 is 0 Å². The van der Waals surface area contributed by atoms with Crippen LogP contribution < -0.4 is 0 Å². The summed E-state index contributed by atoms with van der Waals surface area (Å²) < 4.78 is 11.7. The molecule has 0 fully saturated rings. The summed E-state index contributed by atoms with van der Waals surface area (Å²) in [7, 11) is 2.12. The van der Waals surface area contributed by atoms with Crippen LogP contribution in [0, 0.1) is 5.92 Å². The molecule has 0 bridgehead atoms. The van der Waals surface area contributed by atoms with Gasteiger partial charge in [-0.05, 0) is 5.92 Å². The van der Waals surface area contributed by atoms with Crippen LogP contribution in [0.4, 0.5) is 4.39 Å². The maximum absolute atomic E-state index is 11.7. The lowest BCUT2D eigenvalue weighted by Gasteiger charge is -2.07. The topological polar surface area (TPSA) is 0 Å². The van der Waals surface area contributed by atoms with Crippen LogP contribution >= 0.6 is 0 Å². The fraction of sp³-hybridized carbons (Fsp3) is 1.00. The Morgan fingerprint density at radius 1 is 1.50 bits per heavy atom. The lowest BCUT2D eigenvalue weighted by Crippen LogP contribution is -1.99. The Morgan fingerprint density at radius 3 is 2.12 bits per heavy atom. The van der Waals surface area contributed by atoms with Gasteiger partial charge in [0.05, 0.1) is 6.67 Å². The highest BCUT2D eigenvalue weighted by atomic mass is 19.1. The highest BCUT2D eigenvalue weighted by Crippen LogP contribution is 2.12. The number of halogens is 1. The fourth-order valence-corrected chi connectivity index (χ4v) is 0.868. The molecule has 0 radical (unpaired) electrons. The largest absolute Gasteiger partial charge is 0.251 e. The van der Waals surface area contributed by atoms with Crippen molar-refractivity contribution in [2.45, 2.75) is 26.1 Å². The lowest BCUT2D eigenvalue weighted by molar-refractivity contribution is 0.364. The van der Waals surface area contributed by atoms with Crippen molar-refractivity contribution in [2.24, 2.45) is 5.92 Å². The standard InChI is InChI=1S/C6H14BF/c1-5(4-8)3-6(2)7/h5-6H,3-4,7H2,1-2H3. The normalized spacial score (nSPS) is 17.9. The molecule has 0 amide bonds. The van der Waals surface area contributed by atoms with Gasteiger partial charge in [-0.1, -0.05) is 26.1 Å². The first-order chi connectivity index (χ1) is 3.66. The van der Waals surface area contributed by atoms with E-state index in [0.717, 1.165) is 6.42 Å². The summed E-state index contributed by atoms with van der Waals surface area (Å²) in [5, 5.41) is 0. The third-order valence-electron chi connectivity index (χ3n) is 1.14. The quantitative estimate of drug-likeness (QED) is 0.489. The van der Waals surface area contributed by atoms with Gasteiger partial charge in [0.2, 0.25) is 0 Å².